The lowest BCUT2D eigenvalue weighted by atomic mass is 10.0. The number of nitrogens with zero attached hydrogens (tertiary/aromatic N) is 2. The molecule has 0 aliphatic carbocycles. The molecule has 1 aliphatic rings. The van der Waals surface area contributed by atoms with Crippen LogP contribution in [0.2, 0.25) is 0 Å². The number of carbonyl (C=O) groups is 1. The maximum absolute atomic E-state index is 12.4. The van der Waals surface area contributed by atoms with E-state index in [4.69, 9.17) is 14.3 Å². The van der Waals surface area contributed by atoms with Crippen molar-refractivity contribution in [3.63, 3.8) is 0 Å². The number of benzene rings is 2. The molecule has 1 atom stereocenters. The van der Waals surface area contributed by atoms with Gasteiger partial charge in [0.05, 0.1) is 26.5 Å². The monoisotopic (exact) mass is 382 g/mol. The summed E-state index contributed by atoms with van der Waals surface area (Å²) in [7, 11) is 3.21. The first-order valence-electron chi connectivity index (χ1n) is 9.41. The molecule has 0 aromatic heterocycles. The number of carbonyl (C=O) groups excluding carboxylic acids is 1. The molecule has 6 heteroatoms. The molecule has 3 rings (SSSR count). The first-order valence-corrected chi connectivity index (χ1v) is 9.41. The fourth-order valence-electron chi connectivity index (χ4n) is 3.24. The van der Waals surface area contributed by atoms with Crippen LogP contribution in [0.3, 0.4) is 0 Å². The first-order chi connectivity index (χ1) is 13.6. The molecule has 28 heavy (non-hydrogen) atoms. The van der Waals surface area contributed by atoms with Crippen LogP contribution in [0, 0.1) is 0 Å². The van der Waals surface area contributed by atoms with Crippen molar-refractivity contribution in [3.8, 4) is 11.5 Å². The van der Waals surface area contributed by atoms with E-state index >= 15 is 0 Å². The fourth-order valence-corrected chi connectivity index (χ4v) is 3.24. The van der Waals surface area contributed by atoms with Gasteiger partial charge < -0.3 is 19.2 Å². The van der Waals surface area contributed by atoms with Crippen molar-refractivity contribution >= 4 is 11.6 Å². The minimum atomic E-state index is -0.165. The summed E-state index contributed by atoms with van der Waals surface area (Å²) < 4.78 is 10.6. The Labute approximate surface area is 165 Å². The average Bonchev–Trinajstić information content (AvgIpc) is 3.21. The molecule has 0 radical (unpaired) electrons. The van der Waals surface area contributed by atoms with Crippen LogP contribution in [-0.4, -0.2) is 43.4 Å². The third-order valence-corrected chi connectivity index (χ3v) is 4.75. The van der Waals surface area contributed by atoms with Gasteiger partial charge in [-0.2, -0.15) is 0 Å². The summed E-state index contributed by atoms with van der Waals surface area (Å²) in [5, 5.41) is 4.25. The molecular formula is C22H26N2O4. The topological polar surface area (TPSA) is 60.4 Å². The highest BCUT2D eigenvalue weighted by Crippen LogP contribution is 2.29. The fraction of sp³-hybridized carbons (Fsp3) is 0.364. The largest absolute Gasteiger partial charge is 0.493 e. The molecular weight excluding hydrogens is 356 g/mol. The summed E-state index contributed by atoms with van der Waals surface area (Å²) in [5.41, 5.74) is 2.87. The second-order valence-corrected chi connectivity index (χ2v) is 6.65. The van der Waals surface area contributed by atoms with Crippen molar-refractivity contribution in [1.29, 1.82) is 0 Å². The van der Waals surface area contributed by atoms with Crippen LogP contribution >= 0.6 is 0 Å². The van der Waals surface area contributed by atoms with E-state index in [0.717, 1.165) is 16.8 Å². The summed E-state index contributed by atoms with van der Waals surface area (Å²) in [6.07, 6.45) is 0.933. The maximum Gasteiger partial charge on any atom is 0.222 e. The predicted octanol–water partition coefficient (Wildman–Crippen LogP) is 3.64. The Morgan fingerprint density at radius 3 is 2.57 bits per heavy atom. The summed E-state index contributed by atoms with van der Waals surface area (Å²) in [5.74, 6) is 1.43. The van der Waals surface area contributed by atoms with E-state index in [1.54, 1.807) is 14.2 Å². The summed E-state index contributed by atoms with van der Waals surface area (Å²) >= 11 is 0. The molecule has 6 nitrogen and oxygen atoms in total. The highest BCUT2D eigenvalue weighted by atomic mass is 16.6. The number of ether oxygens (including phenoxy) is 2. The lowest BCUT2D eigenvalue weighted by Gasteiger charge is -2.24. The molecule has 1 heterocycles. The van der Waals surface area contributed by atoms with E-state index in [1.165, 1.54) is 0 Å². The van der Waals surface area contributed by atoms with Crippen LogP contribution < -0.4 is 9.47 Å². The third-order valence-electron chi connectivity index (χ3n) is 4.75. The zero-order valence-electron chi connectivity index (χ0n) is 16.6. The molecule has 0 saturated carbocycles. The Morgan fingerprint density at radius 2 is 1.89 bits per heavy atom. The molecule has 1 aliphatic heterocycles. The highest BCUT2D eigenvalue weighted by molar-refractivity contribution is 6.01. The Bertz CT molecular complexity index is 836. The molecule has 148 valence electrons. The number of rotatable bonds is 8. The average molecular weight is 382 g/mol. The molecule has 0 saturated heterocycles. The van der Waals surface area contributed by atoms with E-state index in [1.807, 2.05) is 60.4 Å². The van der Waals surface area contributed by atoms with E-state index in [0.29, 0.717) is 37.4 Å². The van der Waals surface area contributed by atoms with E-state index in [2.05, 4.69) is 5.16 Å². The summed E-state index contributed by atoms with van der Waals surface area (Å²) in [4.78, 5) is 19.9. The van der Waals surface area contributed by atoms with Crippen LogP contribution in [0.4, 0.5) is 0 Å². The standard InChI is InChI=1S/C22H26N2O4/c1-4-22(25)24(14-16-8-6-5-7-9-16)15-18-13-19(23-28-18)17-10-11-20(26-2)21(12-17)27-3/h5-12,18H,4,13-15H2,1-3H3. The number of oxime groups is 1. The Balaban J connectivity index is 1.66. The SMILES string of the molecule is CCC(=O)N(Cc1ccccc1)CC1CC(c2ccc(OC)c(OC)c2)=NO1. The second kappa shape index (κ2) is 9.26. The van der Waals surface area contributed by atoms with E-state index in [-0.39, 0.29) is 12.0 Å². The molecule has 0 fully saturated rings. The zero-order chi connectivity index (χ0) is 19.9. The Kier molecular flexibility index (Phi) is 6.53. The van der Waals surface area contributed by atoms with Crippen molar-refractivity contribution in [3.05, 3.63) is 59.7 Å². The van der Waals surface area contributed by atoms with Gasteiger partial charge in [-0.15, -0.1) is 0 Å². The normalized spacial score (nSPS) is 15.5. The van der Waals surface area contributed by atoms with Crippen molar-refractivity contribution < 1.29 is 19.1 Å². The maximum atomic E-state index is 12.4. The molecule has 2 aromatic rings. The van der Waals surface area contributed by atoms with Gasteiger partial charge in [-0.1, -0.05) is 42.4 Å². The quantitative estimate of drug-likeness (QED) is 0.699. The molecule has 0 N–H and O–H groups in total. The van der Waals surface area contributed by atoms with Gasteiger partial charge in [-0.25, -0.2) is 0 Å². The summed E-state index contributed by atoms with van der Waals surface area (Å²) in [6, 6.07) is 15.7. The highest BCUT2D eigenvalue weighted by Gasteiger charge is 2.27. The lowest BCUT2D eigenvalue weighted by Crippen LogP contribution is -2.36. The van der Waals surface area contributed by atoms with Crippen molar-refractivity contribution in [2.75, 3.05) is 20.8 Å². The second-order valence-electron chi connectivity index (χ2n) is 6.65. The van der Waals surface area contributed by atoms with Gasteiger partial charge in [0.25, 0.3) is 0 Å². The van der Waals surface area contributed by atoms with Crippen LogP contribution in [-0.2, 0) is 16.2 Å². The van der Waals surface area contributed by atoms with Gasteiger partial charge in [0.15, 0.2) is 17.6 Å². The van der Waals surface area contributed by atoms with Gasteiger partial charge in [0.2, 0.25) is 5.91 Å². The molecule has 1 unspecified atom stereocenters. The van der Waals surface area contributed by atoms with Crippen LogP contribution in [0.5, 0.6) is 11.5 Å². The molecule has 2 aromatic carbocycles. The molecule has 0 spiro atoms. The minimum absolute atomic E-state index is 0.104. The Morgan fingerprint density at radius 1 is 1.14 bits per heavy atom. The van der Waals surface area contributed by atoms with Gasteiger partial charge >= 0.3 is 0 Å². The van der Waals surface area contributed by atoms with Crippen LogP contribution in [0.25, 0.3) is 0 Å². The zero-order valence-corrected chi connectivity index (χ0v) is 16.6. The van der Waals surface area contributed by atoms with Crippen molar-refractivity contribution in [2.45, 2.75) is 32.4 Å². The van der Waals surface area contributed by atoms with Gasteiger partial charge in [0, 0.05) is 24.9 Å². The molecule has 1 amide bonds. The lowest BCUT2D eigenvalue weighted by molar-refractivity contribution is -0.133. The van der Waals surface area contributed by atoms with Crippen LogP contribution in [0.1, 0.15) is 30.9 Å². The van der Waals surface area contributed by atoms with E-state index in [9.17, 15) is 4.79 Å². The molecule has 0 bridgehead atoms. The summed E-state index contributed by atoms with van der Waals surface area (Å²) in [6.45, 7) is 2.95. The van der Waals surface area contributed by atoms with Gasteiger partial charge in [-0.05, 0) is 23.8 Å². The van der Waals surface area contributed by atoms with Crippen molar-refractivity contribution in [2.24, 2.45) is 5.16 Å². The smallest absolute Gasteiger partial charge is 0.222 e. The van der Waals surface area contributed by atoms with Crippen molar-refractivity contribution in [1.82, 2.24) is 4.90 Å². The number of methoxy groups -OCH3 is 2. The number of amides is 1. The van der Waals surface area contributed by atoms with Gasteiger partial charge in [-0.3, -0.25) is 4.79 Å². The Hall–Kier alpha value is -3.02. The number of hydrogen-bond acceptors (Lipinski definition) is 5. The third kappa shape index (κ3) is 4.63. The first kappa shape index (κ1) is 19.7. The number of hydrogen-bond donors (Lipinski definition) is 0. The minimum Gasteiger partial charge on any atom is -0.493 e. The van der Waals surface area contributed by atoms with Crippen LogP contribution in [0.15, 0.2) is 53.7 Å². The predicted molar refractivity (Wildman–Crippen MR) is 108 cm³/mol. The van der Waals surface area contributed by atoms with E-state index < -0.39 is 0 Å². The van der Waals surface area contributed by atoms with Gasteiger partial charge in [0.1, 0.15) is 0 Å².